The number of ether oxygens (including phenoxy) is 1. The molecule has 4 heteroatoms. The second kappa shape index (κ2) is 5.21. The Bertz CT molecular complexity index is 478. The fourth-order valence-corrected chi connectivity index (χ4v) is 2.59. The number of nitrogens with zero attached hydrogens (tertiary/aromatic N) is 1. The molecule has 2 rings (SSSR count). The number of hydrogen-bond acceptors (Lipinski definition) is 3. The number of hydrogen-bond donors (Lipinski definition) is 1. The normalized spacial score (nSPS) is 16.9. The average Bonchev–Trinajstić information content (AvgIpc) is 2.35. The van der Waals surface area contributed by atoms with Gasteiger partial charge in [-0.2, -0.15) is 0 Å². The van der Waals surface area contributed by atoms with Crippen LogP contribution in [-0.4, -0.2) is 41.7 Å². The highest BCUT2D eigenvalue weighted by atomic mass is 16.5. The monoisotopic (exact) mass is 263 g/mol. The van der Waals surface area contributed by atoms with E-state index in [0.29, 0.717) is 24.4 Å². The summed E-state index contributed by atoms with van der Waals surface area (Å²) in [5.41, 5.74) is 0.899. The van der Waals surface area contributed by atoms with Crippen LogP contribution in [0.3, 0.4) is 0 Å². The van der Waals surface area contributed by atoms with Crippen molar-refractivity contribution in [2.45, 2.75) is 32.3 Å². The van der Waals surface area contributed by atoms with E-state index in [9.17, 15) is 9.90 Å². The molecule has 1 saturated heterocycles. The lowest BCUT2D eigenvalue weighted by Crippen LogP contribution is -2.63. The number of rotatable bonds is 4. The molecule has 0 spiro atoms. The fraction of sp³-hybridized carbons (Fsp3) is 0.533. The molecule has 1 aromatic carbocycles. The zero-order valence-corrected chi connectivity index (χ0v) is 11.8. The Hall–Kier alpha value is -1.55. The Morgan fingerprint density at radius 3 is 2.74 bits per heavy atom. The van der Waals surface area contributed by atoms with E-state index in [1.165, 1.54) is 0 Å². The standard InChI is InChI=1S/C15H21NO3/c1-4-7-15(18)9-16(10-15)14(17)12-8-11(2)5-6-13(12)19-3/h5-6,8,18H,4,7,9-10H2,1-3H3. The quantitative estimate of drug-likeness (QED) is 0.903. The number of methoxy groups -OCH3 is 1. The summed E-state index contributed by atoms with van der Waals surface area (Å²) in [5, 5.41) is 10.1. The van der Waals surface area contributed by atoms with Gasteiger partial charge in [0.15, 0.2) is 0 Å². The van der Waals surface area contributed by atoms with Gasteiger partial charge in [-0.15, -0.1) is 0 Å². The van der Waals surface area contributed by atoms with Crippen molar-refractivity contribution < 1.29 is 14.6 Å². The summed E-state index contributed by atoms with van der Waals surface area (Å²) >= 11 is 0. The highest BCUT2D eigenvalue weighted by Gasteiger charge is 2.43. The van der Waals surface area contributed by atoms with Crippen molar-refractivity contribution >= 4 is 5.91 Å². The van der Waals surface area contributed by atoms with Gasteiger partial charge in [0.25, 0.3) is 5.91 Å². The van der Waals surface area contributed by atoms with E-state index in [1.807, 2.05) is 26.0 Å². The molecule has 0 aromatic heterocycles. The maximum atomic E-state index is 12.4. The van der Waals surface area contributed by atoms with Crippen LogP contribution in [0.2, 0.25) is 0 Å². The highest BCUT2D eigenvalue weighted by molar-refractivity contribution is 5.97. The summed E-state index contributed by atoms with van der Waals surface area (Å²) in [6.45, 7) is 4.80. The topological polar surface area (TPSA) is 49.8 Å². The van der Waals surface area contributed by atoms with Gasteiger partial charge in [0, 0.05) is 0 Å². The van der Waals surface area contributed by atoms with Crippen molar-refractivity contribution in [2.24, 2.45) is 0 Å². The molecular formula is C15H21NO3. The van der Waals surface area contributed by atoms with Crippen LogP contribution >= 0.6 is 0 Å². The van der Waals surface area contributed by atoms with Crippen molar-refractivity contribution in [3.8, 4) is 5.75 Å². The number of aryl methyl sites for hydroxylation is 1. The summed E-state index contributed by atoms with van der Waals surface area (Å²) in [4.78, 5) is 14.1. The summed E-state index contributed by atoms with van der Waals surface area (Å²) in [6.07, 6.45) is 1.66. The first kappa shape index (κ1) is 13.9. The molecule has 104 valence electrons. The minimum atomic E-state index is -0.693. The summed E-state index contributed by atoms with van der Waals surface area (Å²) < 4.78 is 5.23. The summed E-state index contributed by atoms with van der Waals surface area (Å²) in [7, 11) is 1.56. The van der Waals surface area contributed by atoms with Crippen LogP contribution < -0.4 is 4.74 Å². The minimum absolute atomic E-state index is 0.0682. The Morgan fingerprint density at radius 2 is 2.16 bits per heavy atom. The van der Waals surface area contributed by atoms with Gasteiger partial charge < -0.3 is 14.7 Å². The lowest BCUT2D eigenvalue weighted by molar-refractivity contribution is -0.0860. The van der Waals surface area contributed by atoms with Gasteiger partial charge in [0.2, 0.25) is 0 Å². The molecule has 0 atom stereocenters. The van der Waals surface area contributed by atoms with Gasteiger partial charge in [0.1, 0.15) is 5.75 Å². The van der Waals surface area contributed by atoms with Crippen LogP contribution in [-0.2, 0) is 0 Å². The molecule has 1 N–H and O–H groups in total. The molecule has 1 aromatic rings. The van der Waals surface area contributed by atoms with E-state index in [0.717, 1.165) is 18.4 Å². The fourth-order valence-electron chi connectivity index (χ4n) is 2.59. The van der Waals surface area contributed by atoms with Gasteiger partial charge in [-0.25, -0.2) is 0 Å². The molecule has 1 amide bonds. The van der Waals surface area contributed by atoms with E-state index in [4.69, 9.17) is 4.74 Å². The van der Waals surface area contributed by atoms with E-state index < -0.39 is 5.60 Å². The Labute approximate surface area is 114 Å². The van der Waals surface area contributed by atoms with Crippen molar-refractivity contribution in [1.82, 2.24) is 4.90 Å². The van der Waals surface area contributed by atoms with Crippen molar-refractivity contribution in [3.63, 3.8) is 0 Å². The number of β-amino-alcohol motifs (C(OH)–C–C–N with tert-alkyl or cyclic N) is 1. The molecule has 4 nitrogen and oxygen atoms in total. The first-order chi connectivity index (χ1) is 8.99. The third kappa shape index (κ3) is 2.73. The SMILES string of the molecule is CCCC1(O)CN(C(=O)c2cc(C)ccc2OC)C1. The molecule has 0 unspecified atom stereocenters. The van der Waals surface area contributed by atoms with Gasteiger partial charge in [-0.1, -0.05) is 25.0 Å². The third-order valence-corrected chi connectivity index (χ3v) is 3.56. The molecule has 1 aliphatic heterocycles. The van der Waals surface area contributed by atoms with Gasteiger partial charge in [0.05, 0.1) is 31.4 Å². The number of carbonyl (C=O) groups is 1. The smallest absolute Gasteiger partial charge is 0.257 e. The molecule has 0 radical (unpaired) electrons. The first-order valence-corrected chi connectivity index (χ1v) is 6.65. The van der Waals surface area contributed by atoms with Crippen LogP contribution in [0.15, 0.2) is 18.2 Å². The maximum absolute atomic E-state index is 12.4. The number of amides is 1. The number of benzene rings is 1. The average molecular weight is 263 g/mol. The van der Waals surface area contributed by atoms with E-state index in [2.05, 4.69) is 0 Å². The van der Waals surface area contributed by atoms with E-state index in [-0.39, 0.29) is 5.91 Å². The number of carbonyl (C=O) groups excluding carboxylic acids is 1. The van der Waals surface area contributed by atoms with E-state index in [1.54, 1.807) is 18.1 Å². The summed E-state index contributed by atoms with van der Waals surface area (Å²) in [6, 6.07) is 5.55. The van der Waals surface area contributed by atoms with Gasteiger partial charge >= 0.3 is 0 Å². The predicted octanol–water partition coefficient (Wildman–Crippen LogP) is 1.99. The molecule has 1 heterocycles. The van der Waals surface area contributed by atoms with Crippen LogP contribution in [0.5, 0.6) is 5.75 Å². The predicted molar refractivity (Wildman–Crippen MR) is 73.5 cm³/mol. The largest absolute Gasteiger partial charge is 0.496 e. The lowest BCUT2D eigenvalue weighted by Gasteiger charge is -2.46. The van der Waals surface area contributed by atoms with Crippen molar-refractivity contribution in [3.05, 3.63) is 29.3 Å². The molecule has 1 fully saturated rings. The Balaban J connectivity index is 2.12. The number of likely N-dealkylation sites (tertiary alicyclic amines) is 1. The number of aliphatic hydroxyl groups is 1. The lowest BCUT2D eigenvalue weighted by atomic mass is 9.88. The van der Waals surface area contributed by atoms with Crippen molar-refractivity contribution in [2.75, 3.05) is 20.2 Å². The molecule has 0 bridgehead atoms. The third-order valence-electron chi connectivity index (χ3n) is 3.56. The van der Waals surface area contributed by atoms with Crippen molar-refractivity contribution in [1.29, 1.82) is 0 Å². The Morgan fingerprint density at radius 1 is 1.47 bits per heavy atom. The van der Waals surface area contributed by atoms with Gasteiger partial charge in [-0.05, 0) is 25.5 Å². The zero-order chi connectivity index (χ0) is 14.0. The van der Waals surface area contributed by atoms with E-state index >= 15 is 0 Å². The molecule has 0 saturated carbocycles. The van der Waals surface area contributed by atoms with Gasteiger partial charge in [-0.3, -0.25) is 4.79 Å². The van der Waals surface area contributed by atoms with Crippen LogP contribution in [0.4, 0.5) is 0 Å². The Kier molecular flexibility index (Phi) is 3.80. The molecular weight excluding hydrogens is 242 g/mol. The van der Waals surface area contributed by atoms with Crippen LogP contribution in [0.25, 0.3) is 0 Å². The second-order valence-corrected chi connectivity index (χ2v) is 5.34. The maximum Gasteiger partial charge on any atom is 0.257 e. The van der Waals surface area contributed by atoms with Crippen LogP contribution in [0, 0.1) is 6.92 Å². The minimum Gasteiger partial charge on any atom is -0.496 e. The van der Waals surface area contributed by atoms with Crippen LogP contribution in [0.1, 0.15) is 35.7 Å². The summed E-state index contributed by atoms with van der Waals surface area (Å²) in [5.74, 6) is 0.517. The second-order valence-electron chi connectivity index (χ2n) is 5.34. The highest BCUT2D eigenvalue weighted by Crippen LogP contribution is 2.29. The molecule has 19 heavy (non-hydrogen) atoms. The molecule has 1 aliphatic rings. The zero-order valence-electron chi connectivity index (χ0n) is 11.8. The molecule has 0 aliphatic carbocycles. The first-order valence-electron chi connectivity index (χ1n) is 6.65.